The van der Waals surface area contributed by atoms with Gasteiger partial charge in [0.15, 0.2) is 6.54 Å². The van der Waals surface area contributed by atoms with E-state index in [0.717, 1.165) is 49.2 Å². The van der Waals surface area contributed by atoms with Crippen LogP contribution in [0.4, 0.5) is 11.5 Å². The van der Waals surface area contributed by atoms with Crippen LogP contribution < -0.4 is 19.9 Å². The second-order valence-electron chi connectivity index (χ2n) is 7.09. The Labute approximate surface area is 170 Å². The number of para-hydroxylation sites is 1. The summed E-state index contributed by atoms with van der Waals surface area (Å²) < 4.78 is 5.78. The first-order valence-corrected chi connectivity index (χ1v) is 9.89. The molecule has 1 saturated heterocycles. The number of pyridine rings is 1. The average Bonchev–Trinajstić information content (AvgIpc) is 2.77. The molecule has 0 bridgehead atoms. The van der Waals surface area contributed by atoms with Gasteiger partial charge in [0, 0.05) is 11.9 Å². The largest absolute Gasteiger partial charge is 0.457 e. The number of piperazine rings is 1. The van der Waals surface area contributed by atoms with Crippen molar-refractivity contribution in [1.82, 2.24) is 4.98 Å². The first-order chi connectivity index (χ1) is 14.3. The van der Waals surface area contributed by atoms with Crippen LogP contribution in [0.25, 0.3) is 0 Å². The van der Waals surface area contributed by atoms with Crippen LogP contribution in [0.5, 0.6) is 11.5 Å². The zero-order valence-corrected chi connectivity index (χ0v) is 16.3. The van der Waals surface area contributed by atoms with Crippen LogP contribution in [0, 0.1) is 0 Å². The fourth-order valence-corrected chi connectivity index (χ4v) is 3.43. The van der Waals surface area contributed by atoms with Gasteiger partial charge in [-0.1, -0.05) is 24.3 Å². The summed E-state index contributed by atoms with van der Waals surface area (Å²) in [6, 6.07) is 23.1. The number of nitrogens with one attached hydrogen (secondary N) is 2. The zero-order valence-electron chi connectivity index (χ0n) is 16.3. The standard InChI is InChI=1S/C23H24N4O2/c28-23(18-26-14-16-27(17-15-26)22-8-4-5-13-24-22)25-19-9-11-21(12-10-19)29-20-6-2-1-3-7-20/h1-13H,14-18H2,(H,25,28)/p+1. The second kappa shape index (κ2) is 9.21. The van der Waals surface area contributed by atoms with Crippen LogP contribution in [-0.4, -0.2) is 43.6 Å². The number of rotatable bonds is 6. The first-order valence-electron chi connectivity index (χ1n) is 9.89. The molecule has 0 aliphatic carbocycles. The van der Waals surface area contributed by atoms with Gasteiger partial charge in [-0.15, -0.1) is 0 Å². The number of anilines is 2. The molecule has 2 aromatic carbocycles. The fourth-order valence-electron chi connectivity index (χ4n) is 3.43. The highest BCUT2D eigenvalue weighted by atomic mass is 16.5. The first kappa shape index (κ1) is 19.0. The van der Waals surface area contributed by atoms with Crippen LogP contribution in [0.3, 0.4) is 0 Å². The van der Waals surface area contributed by atoms with Gasteiger partial charge in [0.05, 0.1) is 26.2 Å². The van der Waals surface area contributed by atoms with Crippen molar-refractivity contribution in [3.05, 3.63) is 79.0 Å². The lowest BCUT2D eigenvalue weighted by molar-refractivity contribution is -0.892. The number of quaternary nitrogens is 1. The minimum atomic E-state index is 0.0306. The van der Waals surface area contributed by atoms with E-state index >= 15 is 0 Å². The topological polar surface area (TPSA) is 58.9 Å². The molecule has 0 atom stereocenters. The van der Waals surface area contributed by atoms with Crippen LogP contribution in [0.15, 0.2) is 79.0 Å². The smallest absolute Gasteiger partial charge is 0.279 e. The molecule has 29 heavy (non-hydrogen) atoms. The molecule has 0 unspecified atom stereocenters. The third kappa shape index (κ3) is 5.33. The predicted octanol–water partition coefficient (Wildman–Crippen LogP) is 2.22. The van der Waals surface area contributed by atoms with E-state index in [0.29, 0.717) is 6.54 Å². The van der Waals surface area contributed by atoms with E-state index < -0.39 is 0 Å². The van der Waals surface area contributed by atoms with Gasteiger partial charge >= 0.3 is 0 Å². The molecule has 1 amide bonds. The van der Waals surface area contributed by atoms with E-state index in [4.69, 9.17) is 4.74 Å². The predicted molar refractivity (Wildman–Crippen MR) is 114 cm³/mol. The lowest BCUT2D eigenvalue weighted by Gasteiger charge is -2.32. The Bertz CT molecular complexity index is 909. The number of carbonyl (C=O) groups excluding carboxylic acids is 1. The van der Waals surface area contributed by atoms with Crippen molar-refractivity contribution in [2.75, 3.05) is 42.9 Å². The summed E-state index contributed by atoms with van der Waals surface area (Å²) >= 11 is 0. The summed E-state index contributed by atoms with van der Waals surface area (Å²) in [6.45, 7) is 4.14. The number of carbonyl (C=O) groups is 1. The van der Waals surface area contributed by atoms with E-state index in [1.165, 1.54) is 4.90 Å². The molecule has 1 aliphatic rings. The van der Waals surface area contributed by atoms with Gasteiger partial charge in [-0.3, -0.25) is 4.79 Å². The molecule has 0 saturated carbocycles. The van der Waals surface area contributed by atoms with Crippen molar-refractivity contribution in [3.8, 4) is 11.5 Å². The number of ether oxygens (including phenoxy) is 1. The maximum Gasteiger partial charge on any atom is 0.279 e. The normalized spacial score (nSPS) is 14.4. The minimum Gasteiger partial charge on any atom is -0.457 e. The Balaban J connectivity index is 1.24. The van der Waals surface area contributed by atoms with Gasteiger partial charge in [0.2, 0.25) is 0 Å². The molecule has 3 aromatic rings. The molecule has 2 N–H and O–H groups in total. The van der Waals surface area contributed by atoms with E-state index in [-0.39, 0.29) is 5.91 Å². The molecule has 0 spiro atoms. The summed E-state index contributed by atoms with van der Waals surface area (Å²) in [4.78, 5) is 20.4. The lowest BCUT2D eigenvalue weighted by Crippen LogP contribution is -3.15. The average molecular weight is 389 g/mol. The van der Waals surface area contributed by atoms with E-state index in [1.54, 1.807) is 0 Å². The maximum atomic E-state index is 12.4. The molecule has 148 valence electrons. The number of benzene rings is 2. The SMILES string of the molecule is O=C(C[NH+]1CCN(c2ccccn2)CC1)Nc1ccc(Oc2ccccc2)cc1. The number of aromatic nitrogens is 1. The van der Waals surface area contributed by atoms with E-state index in [1.807, 2.05) is 79.0 Å². The van der Waals surface area contributed by atoms with Crippen LogP contribution in [-0.2, 0) is 4.79 Å². The van der Waals surface area contributed by atoms with Gasteiger partial charge in [-0.2, -0.15) is 0 Å². The van der Waals surface area contributed by atoms with E-state index in [2.05, 4.69) is 15.2 Å². The highest BCUT2D eigenvalue weighted by Gasteiger charge is 2.22. The molecule has 2 heterocycles. The Kier molecular flexibility index (Phi) is 6.02. The molecule has 6 nitrogen and oxygen atoms in total. The molecule has 0 radical (unpaired) electrons. The second-order valence-corrected chi connectivity index (χ2v) is 7.09. The highest BCUT2D eigenvalue weighted by Crippen LogP contribution is 2.22. The van der Waals surface area contributed by atoms with Crippen molar-refractivity contribution >= 4 is 17.4 Å². The number of amides is 1. The molecule has 1 aliphatic heterocycles. The van der Waals surface area contributed by atoms with Crippen molar-refractivity contribution in [1.29, 1.82) is 0 Å². The summed E-state index contributed by atoms with van der Waals surface area (Å²) in [5, 5.41) is 2.98. The Morgan fingerprint density at radius 1 is 0.931 bits per heavy atom. The van der Waals surface area contributed by atoms with Crippen LogP contribution in [0.2, 0.25) is 0 Å². The summed E-state index contributed by atoms with van der Waals surface area (Å²) in [5.74, 6) is 2.57. The highest BCUT2D eigenvalue weighted by molar-refractivity contribution is 5.91. The van der Waals surface area contributed by atoms with Gasteiger partial charge in [0.25, 0.3) is 5.91 Å². The maximum absolute atomic E-state index is 12.4. The zero-order chi connectivity index (χ0) is 19.9. The molecular formula is C23H25N4O2+. The fraction of sp³-hybridized carbons (Fsp3) is 0.217. The van der Waals surface area contributed by atoms with Crippen LogP contribution in [0.1, 0.15) is 0 Å². The van der Waals surface area contributed by atoms with Gasteiger partial charge in [-0.05, 0) is 48.5 Å². The quantitative estimate of drug-likeness (QED) is 0.679. The third-order valence-electron chi connectivity index (χ3n) is 4.97. The third-order valence-corrected chi connectivity index (χ3v) is 4.97. The van der Waals surface area contributed by atoms with Crippen molar-refractivity contribution in [2.24, 2.45) is 0 Å². The van der Waals surface area contributed by atoms with Crippen molar-refractivity contribution in [2.45, 2.75) is 0 Å². The van der Waals surface area contributed by atoms with Crippen molar-refractivity contribution < 1.29 is 14.4 Å². The monoisotopic (exact) mass is 389 g/mol. The molecule has 1 aromatic heterocycles. The minimum absolute atomic E-state index is 0.0306. The number of hydrogen-bond donors (Lipinski definition) is 2. The summed E-state index contributed by atoms with van der Waals surface area (Å²) in [6.07, 6.45) is 1.82. The molecule has 6 heteroatoms. The van der Waals surface area contributed by atoms with E-state index in [9.17, 15) is 4.79 Å². The Hall–Kier alpha value is -3.38. The Morgan fingerprint density at radius 2 is 1.62 bits per heavy atom. The van der Waals surface area contributed by atoms with Crippen LogP contribution >= 0.6 is 0 Å². The summed E-state index contributed by atoms with van der Waals surface area (Å²) in [5.41, 5.74) is 0.780. The van der Waals surface area contributed by atoms with Gasteiger partial charge < -0.3 is 19.9 Å². The number of nitrogens with zero attached hydrogens (tertiary/aromatic N) is 2. The molecule has 1 fully saturated rings. The summed E-state index contributed by atoms with van der Waals surface area (Å²) in [7, 11) is 0. The Morgan fingerprint density at radius 3 is 2.31 bits per heavy atom. The van der Waals surface area contributed by atoms with Gasteiger partial charge in [-0.25, -0.2) is 4.98 Å². The van der Waals surface area contributed by atoms with Gasteiger partial charge in [0.1, 0.15) is 17.3 Å². The molecular weight excluding hydrogens is 364 g/mol. The number of hydrogen-bond acceptors (Lipinski definition) is 4. The van der Waals surface area contributed by atoms with Crippen molar-refractivity contribution in [3.63, 3.8) is 0 Å². The lowest BCUT2D eigenvalue weighted by atomic mass is 10.2. The molecule has 4 rings (SSSR count).